The molecule has 6 nitrogen and oxygen atoms in total. The smallest absolute Gasteiger partial charge is 0.247 e. The highest BCUT2D eigenvalue weighted by molar-refractivity contribution is 5.73. The molecule has 6 heteroatoms. The van der Waals surface area contributed by atoms with Crippen LogP contribution in [-0.2, 0) is 4.79 Å². The zero-order valence-electron chi connectivity index (χ0n) is 12.4. The number of unbranched alkanes of at least 4 members (excludes halogenated alkanes) is 2. The van der Waals surface area contributed by atoms with Crippen LogP contribution >= 0.6 is 0 Å². The monoisotopic (exact) mass is 288 g/mol. The first-order valence-corrected chi connectivity index (χ1v) is 7.21. The molecule has 2 rings (SSSR count). The van der Waals surface area contributed by atoms with E-state index < -0.39 is 0 Å². The van der Waals surface area contributed by atoms with Gasteiger partial charge in [-0.1, -0.05) is 26.2 Å². The van der Waals surface area contributed by atoms with E-state index in [4.69, 9.17) is 4.42 Å². The molecule has 112 valence electrons. The Morgan fingerprint density at radius 1 is 1.29 bits per heavy atom. The summed E-state index contributed by atoms with van der Waals surface area (Å²) in [5.74, 6) is 0.798. The number of hydrogen-bond acceptors (Lipinski definition) is 5. The van der Waals surface area contributed by atoms with Crippen LogP contribution in [0.15, 0.2) is 28.9 Å². The zero-order valence-corrected chi connectivity index (χ0v) is 12.4. The molecule has 2 heterocycles. The van der Waals surface area contributed by atoms with Gasteiger partial charge < -0.3 is 9.73 Å². The molecule has 0 aliphatic rings. The molecule has 1 atom stereocenters. The number of carbonyl (C=O) groups is 1. The summed E-state index contributed by atoms with van der Waals surface area (Å²) in [6.07, 6.45) is 7.39. The standard InChI is InChI=1S/C15H20N4O2/c1-3-4-5-6-13(17-11(2)20)15-19-18-14(21-15)12-7-9-16-10-8-12/h7-10,13H,3-6H2,1-2H3,(H,17,20). The summed E-state index contributed by atoms with van der Waals surface area (Å²) in [5, 5.41) is 11.0. The molecule has 0 fully saturated rings. The molecule has 0 aromatic carbocycles. The predicted molar refractivity (Wildman–Crippen MR) is 78.2 cm³/mol. The van der Waals surface area contributed by atoms with E-state index in [2.05, 4.69) is 27.4 Å². The molecular weight excluding hydrogens is 268 g/mol. The lowest BCUT2D eigenvalue weighted by molar-refractivity contribution is -0.119. The molecule has 0 aliphatic heterocycles. The van der Waals surface area contributed by atoms with E-state index in [1.807, 2.05) is 12.1 Å². The van der Waals surface area contributed by atoms with Crippen LogP contribution < -0.4 is 5.32 Å². The van der Waals surface area contributed by atoms with Crippen LogP contribution in [0.3, 0.4) is 0 Å². The third-order valence-corrected chi connectivity index (χ3v) is 3.14. The lowest BCUT2D eigenvalue weighted by Crippen LogP contribution is -2.26. The minimum atomic E-state index is -0.225. The van der Waals surface area contributed by atoms with E-state index in [9.17, 15) is 4.79 Å². The van der Waals surface area contributed by atoms with Crippen molar-refractivity contribution in [3.05, 3.63) is 30.4 Å². The van der Waals surface area contributed by atoms with Gasteiger partial charge in [-0.25, -0.2) is 0 Å². The van der Waals surface area contributed by atoms with Crippen LogP contribution in [-0.4, -0.2) is 21.1 Å². The fraction of sp³-hybridized carbons (Fsp3) is 0.467. The van der Waals surface area contributed by atoms with Crippen LogP contribution in [0.2, 0.25) is 0 Å². The van der Waals surface area contributed by atoms with Crippen molar-refractivity contribution in [3.8, 4) is 11.5 Å². The minimum Gasteiger partial charge on any atom is -0.418 e. The van der Waals surface area contributed by atoms with Crippen LogP contribution in [0, 0.1) is 0 Å². The maximum absolute atomic E-state index is 11.3. The molecule has 2 aromatic heterocycles. The zero-order chi connectivity index (χ0) is 15.1. The topological polar surface area (TPSA) is 80.9 Å². The lowest BCUT2D eigenvalue weighted by atomic mass is 10.1. The summed E-state index contributed by atoms with van der Waals surface area (Å²) in [6.45, 7) is 3.63. The molecule has 2 aromatic rings. The van der Waals surface area contributed by atoms with Gasteiger partial charge in [0, 0.05) is 24.9 Å². The van der Waals surface area contributed by atoms with Gasteiger partial charge in [0.15, 0.2) is 0 Å². The Balaban J connectivity index is 2.12. The summed E-state index contributed by atoms with van der Waals surface area (Å²) in [7, 11) is 0. The third-order valence-electron chi connectivity index (χ3n) is 3.14. The molecule has 0 saturated carbocycles. The SMILES string of the molecule is CCCCCC(NC(C)=O)c1nnc(-c2ccncc2)o1. The van der Waals surface area contributed by atoms with Gasteiger partial charge in [0.25, 0.3) is 0 Å². The van der Waals surface area contributed by atoms with Gasteiger partial charge in [-0.3, -0.25) is 9.78 Å². The number of pyridine rings is 1. The van der Waals surface area contributed by atoms with Crippen molar-refractivity contribution in [1.82, 2.24) is 20.5 Å². The fourth-order valence-corrected chi connectivity index (χ4v) is 2.09. The molecule has 0 saturated heterocycles. The van der Waals surface area contributed by atoms with E-state index in [0.717, 1.165) is 31.2 Å². The summed E-state index contributed by atoms with van der Waals surface area (Å²) in [6, 6.07) is 3.39. The highest BCUT2D eigenvalue weighted by atomic mass is 16.4. The van der Waals surface area contributed by atoms with Crippen molar-refractivity contribution >= 4 is 5.91 Å². The molecule has 1 amide bonds. The number of rotatable bonds is 7. The maximum atomic E-state index is 11.3. The second kappa shape index (κ2) is 7.52. The largest absolute Gasteiger partial charge is 0.418 e. The minimum absolute atomic E-state index is 0.0971. The lowest BCUT2D eigenvalue weighted by Gasteiger charge is -2.13. The quantitative estimate of drug-likeness (QED) is 0.792. The normalized spacial score (nSPS) is 12.1. The Morgan fingerprint density at radius 2 is 2.05 bits per heavy atom. The summed E-state index contributed by atoms with van der Waals surface area (Å²) in [5.41, 5.74) is 0.818. The van der Waals surface area contributed by atoms with Crippen molar-refractivity contribution in [2.75, 3.05) is 0 Å². The predicted octanol–water partition coefficient (Wildman–Crippen LogP) is 2.89. The van der Waals surface area contributed by atoms with Gasteiger partial charge in [-0.05, 0) is 18.6 Å². The van der Waals surface area contributed by atoms with Crippen molar-refractivity contribution in [1.29, 1.82) is 0 Å². The number of aromatic nitrogens is 3. The summed E-state index contributed by atoms with van der Waals surface area (Å²) >= 11 is 0. The van der Waals surface area contributed by atoms with E-state index in [0.29, 0.717) is 11.8 Å². The summed E-state index contributed by atoms with van der Waals surface area (Å²) in [4.78, 5) is 15.3. The number of amides is 1. The molecule has 21 heavy (non-hydrogen) atoms. The van der Waals surface area contributed by atoms with Crippen molar-refractivity contribution < 1.29 is 9.21 Å². The Hall–Kier alpha value is -2.24. The molecule has 1 unspecified atom stereocenters. The highest BCUT2D eigenvalue weighted by Gasteiger charge is 2.19. The molecule has 0 aliphatic carbocycles. The molecule has 1 N–H and O–H groups in total. The van der Waals surface area contributed by atoms with E-state index in [-0.39, 0.29) is 11.9 Å². The van der Waals surface area contributed by atoms with Crippen molar-refractivity contribution in [2.24, 2.45) is 0 Å². The molecule has 0 spiro atoms. The molecular formula is C15H20N4O2. The Kier molecular flexibility index (Phi) is 5.43. The van der Waals surface area contributed by atoms with Crippen LogP contribution in [0.5, 0.6) is 0 Å². The second-order valence-electron chi connectivity index (χ2n) is 4.93. The van der Waals surface area contributed by atoms with E-state index in [1.165, 1.54) is 6.92 Å². The van der Waals surface area contributed by atoms with Gasteiger partial charge in [0.2, 0.25) is 17.7 Å². The first-order valence-electron chi connectivity index (χ1n) is 7.21. The first-order chi connectivity index (χ1) is 10.2. The van der Waals surface area contributed by atoms with Gasteiger partial charge in [0.1, 0.15) is 6.04 Å². The Morgan fingerprint density at radius 3 is 2.71 bits per heavy atom. The van der Waals surface area contributed by atoms with E-state index >= 15 is 0 Å². The number of hydrogen-bond donors (Lipinski definition) is 1. The van der Waals surface area contributed by atoms with Gasteiger partial charge >= 0.3 is 0 Å². The molecule has 0 radical (unpaired) electrons. The Labute approximate surface area is 124 Å². The van der Waals surface area contributed by atoms with Gasteiger partial charge in [-0.15, -0.1) is 10.2 Å². The maximum Gasteiger partial charge on any atom is 0.247 e. The fourth-order valence-electron chi connectivity index (χ4n) is 2.09. The number of nitrogens with zero attached hydrogens (tertiary/aromatic N) is 3. The average Bonchev–Trinajstić information content (AvgIpc) is 2.97. The van der Waals surface area contributed by atoms with Crippen LogP contribution in [0.4, 0.5) is 0 Å². The van der Waals surface area contributed by atoms with Crippen LogP contribution in [0.25, 0.3) is 11.5 Å². The number of carbonyl (C=O) groups excluding carboxylic acids is 1. The highest BCUT2D eigenvalue weighted by Crippen LogP contribution is 2.23. The summed E-state index contributed by atoms with van der Waals surface area (Å²) < 4.78 is 5.70. The Bertz CT molecular complexity index is 568. The second-order valence-corrected chi connectivity index (χ2v) is 4.93. The van der Waals surface area contributed by atoms with E-state index in [1.54, 1.807) is 12.4 Å². The number of nitrogens with one attached hydrogen (secondary N) is 1. The average molecular weight is 288 g/mol. The van der Waals surface area contributed by atoms with Crippen molar-refractivity contribution in [3.63, 3.8) is 0 Å². The van der Waals surface area contributed by atoms with Gasteiger partial charge in [0.05, 0.1) is 0 Å². The third kappa shape index (κ3) is 4.37. The molecule has 0 bridgehead atoms. The van der Waals surface area contributed by atoms with Crippen molar-refractivity contribution in [2.45, 2.75) is 45.6 Å². The first kappa shape index (κ1) is 15.2. The van der Waals surface area contributed by atoms with Gasteiger partial charge in [-0.2, -0.15) is 0 Å². The van der Waals surface area contributed by atoms with Crippen LogP contribution in [0.1, 0.15) is 51.5 Å².